The van der Waals surface area contributed by atoms with Gasteiger partial charge in [0.25, 0.3) is 11.8 Å². The number of hydrogen-bond donors (Lipinski definition) is 3. The Morgan fingerprint density at radius 3 is 2.97 bits per heavy atom. The first-order valence-electron chi connectivity index (χ1n) is 11.0. The van der Waals surface area contributed by atoms with Crippen LogP contribution in [0.5, 0.6) is 0 Å². The smallest absolute Gasteiger partial charge is 0.352 e. The summed E-state index contributed by atoms with van der Waals surface area (Å²) in [6.45, 7) is 4.06. The molecule has 206 valence electrons. The van der Waals surface area contributed by atoms with E-state index < -0.39 is 29.2 Å². The molecule has 0 aliphatic carbocycles. The summed E-state index contributed by atoms with van der Waals surface area (Å²) in [4.78, 5) is 59.4. The second kappa shape index (κ2) is 13.0. The van der Waals surface area contributed by atoms with E-state index in [1.54, 1.807) is 6.08 Å². The Balaban J connectivity index is 1.48. The number of allylic oxidation sites excluding steroid dienone is 1. The largest absolute Gasteiger partial charge is 0.477 e. The SMILES string of the molecule is C=CCn1nnnc1SCC1=C(C(=O)O)N2C(=O)C(NC(=O)C(=NOCCCl)c3csc(NC=O)n3)[C@@H]2SC1. The number of thiazole rings is 1. The summed E-state index contributed by atoms with van der Waals surface area (Å²) in [6, 6.07) is -1.00. The maximum absolute atomic E-state index is 13.1. The van der Waals surface area contributed by atoms with Gasteiger partial charge in [0.2, 0.25) is 11.6 Å². The van der Waals surface area contributed by atoms with Crippen molar-refractivity contribution in [3.8, 4) is 0 Å². The average molecular weight is 614 g/mol. The molecule has 0 radical (unpaired) electrons. The Morgan fingerprint density at radius 1 is 1.44 bits per heavy atom. The number of alkyl halides is 1. The molecule has 19 heteroatoms. The number of carboxylic acid groups (broad SMARTS) is 1. The molecule has 2 aliphatic heterocycles. The van der Waals surface area contributed by atoms with Crippen LogP contribution in [0.1, 0.15) is 5.69 Å². The number of β-lactam (4-membered cyclic amide) rings is 1. The number of carbonyl (C=O) groups is 4. The summed E-state index contributed by atoms with van der Waals surface area (Å²) in [7, 11) is 0. The maximum atomic E-state index is 13.1. The number of hydrogen-bond acceptors (Lipinski definition) is 13. The number of aliphatic carboxylic acids is 1. The maximum Gasteiger partial charge on any atom is 0.352 e. The number of carbonyl (C=O) groups excluding carboxylic acids is 3. The Kier molecular flexibility index (Phi) is 9.54. The second-order valence-electron chi connectivity index (χ2n) is 7.60. The third-order valence-electron chi connectivity index (χ3n) is 5.18. The predicted octanol–water partition coefficient (Wildman–Crippen LogP) is 0.374. The summed E-state index contributed by atoms with van der Waals surface area (Å²) >= 11 is 9.23. The van der Waals surface area contributed by atoms with Gasteiger partial charge in [0.1, 0.15) is 29.4 Å². The number of tetrazole rings is 1. The lowest BCUT2D eigenvalue weighted by atomic mass is 10.0. The van der Waals surface area contributed by atoms with E-state index >= 15 is 0 Å². The van der Waals surface area contributed by atoms with Crippen molar-refractivity contribution >= 4 is 81.5 Å². The molecule has 3 N–H and O–H groups in total. The van der Waals surface area contributed by atoms with E-state index in [9.17, 15) is 24.3 Å². The minimum Gasteiger partial charge on any atom is -0.477 e. The number of anilines is 1. The number of aromatic nitrogens is 5. The highest BCUT2D eigenvalue weighted by atomic mass is 35.5. The van der Waals surface area contributed by atoms with Crippen molar-refractivity contribution in [3.05, 3.63) is 35.0 Å². The predicted molar refractivity (Wildman–Crippen MR) is 143 cm³/mol. The number of carboxylic acids is 1. The molecule has 3 amide bonds. The van der Waals surface area contributed by atoms with Crippen LogP contribution in [0.2, 0.25) is 0 Å². The lowest BCUT2D eigenvalue weighted by molar-refractivity contribution is -0.150. The Bertz CT molecular complexity index is 1350. The average Bonchev–Trinajstić information content (AvgIpc) is 3.57. The summed E-state index contributed by atoms with van der Waals surface area (Å²) < 4.78 is 1.52. The standard InChI is InChI=1S/C20H20ClN9O6S3/c1-2-4-29-20(25-27-28-29)39-7-10-6-37-17-13(16(33)30(17)14(10)18(34)35)24-15(32)12(26-36-5-3-21)11-8-38-19(23-11)22-9-31/h2,8-9,13,17H,1,3-7H2,(H,24,32)(H,34,35)(H,22,23,31)/t13?,17-/m0/s1. The first kappa shape index (κ1) is 28.5. The molecule has 1 saturated heterocycles. The van der Waals surface area contributed by atoms with Gasteiger partial charge in [-0.1, -0.05) is 23.0 Å². The van der Waals surface area contributed by atoms with E-state index in [1.165, 1.54) is 38.5 Å². The van der Waals surface area contributed by atoms with Gasteiger partial charge in [-0.2, -0.15) is 0 Å². The van der Waals surface area contributed by atoms with Crippen LogP contribution in [0.3, 0.4) is 0 Å². The van der Waals surface area contributed by atoms with Crippen LogP contribution < -0.4 is 10.6 Å². The molecule has 0 aromatic carbocycles. The zero-order chi connectivity index (χ0) is 27.9. The van der Waals surface area contributed by atoms with Crippen molar-refractivity contribution in [2.75, 3.05) is 29.3 Å². The number of nitrogens with zero attached hydrogens (tertiary/aromatic N) is 7. The number of nitrogens with one attached hydrogen (secondary N) is 2. The molecule has 4 heterocycles. The van der Waals surface area contributed by atoms with Crippen LogP contribution in [-0.4, -0.2) is 101 Å². The normalized spacial score (nSPS) is 18.7. The van der Waals surface area contributed by atoms with E-state index in [4.69, 9.17) is 16.4 Å². The summed E-state index contributed by atoms with van der Waals surface area (Å²) in [5, 5.41) is 31.7. The van der Waals surface area contributed by atoms with Gasteiger partial charge in [0.15, 0.2) is 10.8 Å². The van der Waals surface area contributed by atoms with Crippen LogP contribution in [0.15, 0.2) is 39.6 Å². The zero-order valence-corrected chi connectivity index (χ0v) is 23.1. The van der Waals surface area contributed by atoms with Gasteiger partial charge < -0.3 is 20.6 Å². The number of rotatable bonds is 14. The van der Waals surface area contributed by atoms with Crippen LogP contribution in [0, 0.1) is 0 Å². The molecule has 2 aromatic rings. The Hall–Kier alpha value is -3.48. The monoisotopic (exact) mass is 613 g/mol. The molecule has 0 bridgehead atoms. The van der Waals surface area contributed by atoms with Crippen molar-refractivity contribution < 1.29 is 29.1 Å². The Labute approximate surface area is 238 Å². The number of oxime groups is 1. The molecule has 2 aromatic heterocycles. The highest BCUT2D eigenvalue weighted by Gasteiger charge is 2.54. The van der Waals surface area contributed by atoms with E-state index in [1.807, 2.05) is 0 Å². The number of fused-ring (bicyclic) bond motifs is 1. The molecule has 2 aliphatic rings. The topological polar surface area (TPSA) is 194 Å². The molecule has 15 nitrogen and oxygen atoms in total. The third-order valence-corrected chi connectivity index (χ3v) is 8.49. The van der Waals surface area contributed by atoms with Crippen LogP contribution in [0.25, 0.3) is 0 Å². The molecule has 0 saturated carbocycles. The molecule has 4 rings (SSSR count). The van der Waals surface area contributed by atoms with Gasteiger partial charge in [-0.3, -0.25) is 19.3 Å². The summed E-state index contributed by atoms with van der Waals surface area (Å²) in [6.07, 6.45) is 2.07. The zero-order valence-electron chi connectivity index (χ0n) is 19.9. The van der Waals surface area contributed by atoms with Crippen LogP contribution >= 0.6 is 46.5 Å². The van der Waals surface area contributed by atoms with Crippen LogP contribution in [-0.2, 0) is 30.6 Å². The lowest BCUT2D eigenvalue weighted by Gasteiger charge is -2.49. The van der Waals surface area contributed by atoms with Gasteiger partial charge in [-0.25, -0.2) is 14.5 Å². The quantitative estimate of drug-likeness (QED) is 0.0388. The first-order valence-corrected chi connectivity index (χ1v) is 14.5. The number of thioether (sulfide) groups is 2. The van der Waals surface area contributed by atoms with Crippen LogP contribution in [0.4, 0.5) is 5.13 Å². The molecule has 2 atom stereocenters. The van der Waals surface area contributed by atoms with Gasteiger partial charge in [-0.15, -0.1) is 46.4 Å². The van der Waals surface area contributed by atoms with Crippen molar-refractivity contribution in [2.45, 2.75) is 23.1 Å². The van der Waals surface area contributed by atoms with Crippen molar-refractivity contribution in [1.29, 1.82) is 0 Å². The Morgan fingerprint density at radius 2 is 2.26 bits per heavy atom. The molecule has 0 spiro atoms. The molecule has 39 heavy (non-hydrogen) atoms. The first-order chi connectivity index (χ1) is 18.9. The van der Waals surface area contributed by atoms with Crippen molar-refractivity contribution in [1.82, 2.24) is 35.4 Å². The van der Waals surface area contributed by atoms with Gasteiger partial charge in [0.05, 0.1) is 12.4 Å². The van der Waals surface area contributed by atoms with E-state index in [0.29, 0.717) is 29.4 Å². The number of amides is 3. The molecule has 1 unspecified atom stereocenters. The fraction of sp³-hybridized carbons (Fsp3) is 0.350. The second-order valence-corrected chi connectivity index (χ2v) is 10.9. The van der Waals surface area contributed by atoms with Gasteiger partial charge in [0, 0.05) is 16.9 Å². The molecular weight excluding hydrogens is 594 g/mol. The van der Waals surface area contributed by atoms with Crippen molar-refractivity contribution in [3.63, 3.8) is 0 Å². The highest BCUT2D eigenvalue weighted by molar-refractivity contribution is 8.01. The minimum absolute atomic E-state index is 0.0179. The summed E-state index contributed by atoms with van der Waals surface area (Å²) in [5.41, 5.74) is 0.272. The minimum atomic E-state index is -1.26. The lowest BCUT2D eigenvalue weighted by Crippen LogP contribution is -2.71. The number of halogens is 1. The molecular formula is C20H20ClN9O6S3. The fourth-order valence-corrected chi connectivity index (χ4v) is 6.64. The fourth-order valence-electron chi connectivity index (χ4n) is 3.54. The van der Waals surface area contributed by atoms with E-state index in [2.05, 4.69) is 42.9 Å². The van der Waals surface area contributed by atoms with E-state index in [-0.39, 0.29) is 40.5 Å². The summed E-state index contributed by atoms with van der Waals surface area (Å²) in [5.74, 6) is -1.92. The van der Waals surface area contributed by atoms with Crippen molar-refractivity contribution in [2.24, 2.45) is 5.16 Å². The van der Waals surface area contributed by atoms with E-state index in [0.717, 1.165) is 11.3 Å². The highest BCUT2D eigenvalue weighted by Crippen LogP contribution is 2.41. The third kappa shape index (κ3) is 6.23. The van der Waals surface area contributed by atoms with Gasteiger partial charge in [-0.05, 0) is 16.0 Å². The molecule has 1 fully saturated rings. The van der Waals surface area contributed by atoms with Gasteiger partial charge >= 0.3 is 5.97 Å².